The number of halogens is 1. The second-order valence-corrected chi connectivity index (χ2v) is 4.40. The minimum atomic E-state index is 0.0765. The highest BCUT2D eigenvalue weighted by atomic mass is 35.5. The van der Waals surface area contributed by atoms with Crippen LogP contribution in [-0.4, -0.2) is 23.7 Å². The first kappa shape index (κ1) is 15.9. The Balaban J connectivity index is 0.000000847. The van der Waals surface area contributed by atoms with E-state index < -0.39 is 0 Å². The van der Waals surface area contributed by atoms with Crippen LogP contribution in [0.3, 0.4) is 0 Å². The van der Waals surface area contributed by atoms with E-state index in [1.54, 1.807) is 36.4 Å². The van der Waals surface area contributed by atoms with Crippen LogP contribution in [0.1, 0.15) is 0 Å². The molecule has 0 saturated carbocycles. The van der Waals surface area contributed by atoms with E-state index >= 15 is 0 Å². The van der Waals surface area contributed by atoms with E-state index in [4.69, 9.17) is 9.15 Å². The Labute approximate surface area is 133 Å². The molecule has 0 amide bonds. The van der Waals surface area contributed by atoms with Crippen molar-refractivity contribution in [2.24, 2.45) is 0 Å². The van der Waals surface area contributed by atoms with Crippen LogP contribution in [0.4, 0.5) is 0 Å². The molecule has 0 spiro atoms. The lowest BCUT2D eigenvalue weighted by atomic mass is 10.1. The summed E-state index contributed by atoms with van der Waals surface area (Å²) < 4.78 is 10.8. The van der Waals surface area contributed by atoms with E-state index in [1.807, 2.05) is 6.07 Å². The van der Waals surface area contributed by atoms with Crippen molar-refractivity contribution in [3.63, 3.8) is 0 Å². The van der Waals surface area contributed by atoms with E-state index in [0.717, 1.165) is 5.39 Å². The van der Waals surface area contributed by atoms with Gasteiger partial charge in [0.05, 0.1) is 18.6 Å². The van der Waals surface area contributed by atoms with E-state index in [2.05, 4.69) is 11.6 Å². The Kier molecular flexibility index (Phi) is 5.07. The molecule has 0 unspecified atom stereocenters. The van der Waals surface area contributed by atoms with Crippen molar-refractivity contribution < 1.29 is 19.4 Å². The number of benzene rings is 2. The second-order valence-electron chi connectivity index (χ2n) is 4.40. The smallest absolute Gasteiger partial charge is 0.364 e. The molecule has 0 aliphatic heterocycles. The predicted molar refractivity (Wildman–Crippen MR) is 87.7 cm³/mol. The molecule has 3 aromatic rings. The van der Waals surface area contributed by atoms with Gasteiger partial charge in [0.1, 0.15) is 22.8 Å². The first-order valence-corrected chi connectivity index (χ1v) is 7.24. The average Bonchev–Trinajstić information content (AvgIpc) is 2.56. The van der Waals surface area contributed by atoms with E-state index in [-0.39, 0.29) is 11.5 Å². The van der Waals surface area contributed by atoms with Gasteiger partial charge in [-0.3, -0.25) is 0 Å². The quantitative estimate of drug-likeness (QED) is 0.533. The molecule has 0 bridgehead atoms. The van der Waals surface area contributed by atoms with Gasteiger partial charge in [0, 0.05) is 18.5 Å². The van der Waals surface area contributed by atoms with E-state index in [0.29, 0.717) is 22.7 Å². The van der Waals surface area contributed by atoms with E-state index in [9.17, 15) is 10.2 Å². The molecule has 0 radical (unpaired) electrons. The lowest BCUT2D eigenvalue weighted by molar-refractivity contribution is 0.408. The maximum absolute atomic E-state index is 10.0. The summed E-state index contributed by atoms with van der Waals surface area (Å²) >= 11 is 4.64. The standard InChI is InChI=1S/C16H12O4.CH3Cl/c1-19-12-5-6-13(14(18)9-12)15-7-3-10-2-4-11(17)8-16(10)20-15;1-2/h2-9H,1H3,(H-,17,18);1H3/p+1. The Hall–Kier alpha value is -2.46. The predicted octanol–water partition coefficient (Wildman–Crippen LogP) is 4.66. The molecule has 5 heteroatoms. The van der Waals surface area contributed by atoms with Gasteiger partial charge in [-0.1, -0.05) is 0 Å². The summed E-state index contributed by atoms with van der Waals surface area (Å²) in [6, 6.07) is 13.6. The number of methoxy groups -OCH3 is 1. The number of fused-ring (bicyclic) bond motifs is 1. The molecular formula is C17H16ClO4+. The van der Waals surface area contributed by atoms with Crippen molar-refractivity contribution in [1.29, 1.82) is 0 Å². The lowest BCUT2D eigenvalue weighted by Crippen LogP contribution is -1.84. The van der Waals surface area contributed by atoms with Crippen LogP contribution in [0, 0.1) is 0 Å². The summed E-state index contributed by atoms with van der Waals surface area (Å²) in [6.45, 7) is 0. The van der Waals surface area contributed by atoms with Gasteiger partial charge < -0.3 is 14.9 Å². The van der Waals surface area contributed by atoms with Crippen molar-refractivity contribution >= 4 is 22.6 Å². The first-order chi connectivity index (χ1) is 10.7. The third-order valence-corrected chi connectivity index (χ3v) is 3.10. The Morgan fingerprint density at radius 2 is 1.68 bits per heavy atom. The Bertz CT molecular complexity index is 787. The third kappa shape index (κ3) is 3.23. The summed E-state index contributed by atoms with van der Waals surface area (Å²) in [7, 11) is 1.54. The third-order valence-electron chi connectivity index (χ3n) is 3.10. The minimum absolute atomic E-state index is 0.0765. The molecule has 1 heterocycles. The van der Waals surface area contributed by atoms with Crippen LogP contribution >= 0.6 is 11.6 Å². The van der Waals surface area contributed by atoms with Crippen molar-refractivity contribution in [3.05, 3.63) is 48.5 Å². The molecule has 1 aromatic heterocycles. The molecule has 22 heavy (non-hydrogen) atoms. The number of aromatic hydroxyl groups is 2. The SMILES string of the molecule is CCl.COc1ccc(-c2ccc3ccc(O)cc3[o+]2)c(O)c1. The Morgan fingerprint density at radius 3 is 2.36 bits per heavy atom. The van der Waals surface area contributed by atoms with Gasteiger partial charge >= 0.3 is 11.3 Å². The molecule has 114 valence electrons. The molecule has 0 saturated heterocycles. The molecule has 0 fully saturated rings. The zero-order chi connectivity index (χ0) is 16.1. The van der Waals surface area contributed by atoms with Crippen molar-refractivity contribution in [2.45, 2.75) is 0 Å². The molecule has 2 N–H and O–H groups in total. The number of hydrogen-bond donors (Lipinski definition) is 2. The van der Waals surface area contributed by atoms with Gasteiger partial charge in [0.2, 0.25) is 0 Å². The van der Waals surface area contributed by atoms with Gasteiger partial charge in [-0.25, -0.2) is 4.42 Å². The largest absolute Gasteiger partial charge is 0.508 e. The van der Waals surface area contributed by atoms with Crippen LogP contribution in [0.5, 0.6) is 17.2 Å². The maximum atomic E-state index is 10.0. The number of phenolic OH excluding ortho intramolecular Hbond substituents is 2. The van der Waals surface area contributed by atoms with Gasteiger partial charge in [-0.15, -0.1) is 11.6 Å². The molecule has 0 aliphatic rings. The molecular weight excluding hydrogens is 304 g/mol. The summed E-state index contributed by atoms with van der Waals surface area (Å²) in [5, 5.41) is 20.4. The molecule has 0 aliphatic carbocycles. The van der Waals surface area contributed by atoms with Gasteiger partial charge in [-0.05, 0) is 30.3 Å². The first-order valence-electron chi connectivity index (χ1n) is 6.48. The summed E-state index contributed by atoms with van der Waals surface area (Å²) in [6.07, 6.45) is 1.47. The molecule has 3 rings (SSSR count). The van der Waals surface area contributed by atoms with Crippen LogP contribution in [0.15, 0.2) is 52.9 Å². The molecule has 0 atom stereocenters. The van der Waals surface area contributed by atoms with Crippen LogP contribution in [-0.2, 0) is 0 Å². The zero-order valence-corrected chi connectivity index (χ0v) is 13.0. The fourth-order valence-corrected chi connectivity index (χ4v) is 2.06. The number of alkyl halides is 1. The number of rotatable bonds is 2. The zero-order valence-electron chi connectivity index (χ0n) is 12.2. The summed E-state index contributed by atoms with van der Waals surface area (Å²) in [5.41, 5.74) is 1.12. The van der Waals surface area contributed by atoms with Crippen LogP contribution in [0.2, 0.25) is 0 Å². The van der Waals surface area contributed by atoms with Gasteiger partial charge in [0.25, 0.3) is 0 Å². The monoisotopic (exact) mass is 319 g/mol. The minimum Gasteiger partial charge on any atom is -0.508 e. The number of hydrogen-bond acceptors (Lipinski definition) is 3. The van der Waals surface area contributed by atoms with Gasteiger partial charge in [0.15, 0.2) is 0 Å². The molecule has 2 aromatic carbocycles. The number of ether oxygens (including phenoxy) is 1. The number of phenols is 2. The van der Waals surface area contributed by atoms with Crippen LogP contribution in [0.25, 0.3) is 22.3 Å². The highest BCUT2D eigenvalue weighted by Crippen LogP contribution is 2.34. The second kappa shape index (κ2) is 7.00. The normalized spacial score (nSPS) is 9.95. The van der Waals surface area contributed by atoms with Gasteiger partial charge in [-0.2, -0.15) is 0 Å². The van der Waals surface area contributed by atoms with Crippen molar-refractivity contribution in [1.82, 2.24) is 0 Å². The lowest BCUT2D eigenvalue weighted by Gasteiger charge is -2.02. The maximum Gasteiger partial charge on any atom is 0.364 e. The average molecular weight is 320 g/mol. The fourth-order valence-electron chi connectivity index (χ4n) is 2.06. The summed E-state index contributed by atoms with van der Waals surface area (Å²) in [4.78, 5) is 0. The Morgan fingerprint density at radius 1 is 0.955 bits per heavy atom. The van der Waals surface area contributed by atoms with E-state index in [1.165, 1.54) is 19.6 Å². The highest BCUT2D eigenvalue weighted by Gasteiger charge is 2.18. The summed E-state index contributed by atoms with van der Waals surface area (Å²) in [5.74, 6) is 1.30. The van der Waals surface area contributed by atoms with Crippen molar-refractivity contribution in [3.8, 4) is 28.6 Å². The molecule has 4 nitrogen and oxygen atoms in total. The van der Waals surface area contributed by atoms with Crippen molar-refractivity contribution in [2.75, 3.05) is 13.5 Å². The van der Waals surface area contributed by atoms with Crippen LogP contribution < -0.4 is 4.74 Å². The fraction of sp³-hybridized carbons (Fsp3) is 0.118. The topological polar surface area (TPSA) is 61.0 Å². The highest BCUT2D eigenvalue weighted by molar-refractivity contribution is 6.15.